The summed E-state index contributed by atoms with van der Waals surface area (Å²) in [6.07, 6.45) is 3.73. The molecule has 41 heavy (non-hydrogen) atoms. The third kappa shape index (κ3) is 7.46. The first-order valence-electron chi connectivity index (χ1n) is 14.1. The summed E-state index contributed by atoms with van der Waals surface area (Å²) in [7, 11) is 4.87. The van der Waals surface area contributed by atoms with Crippen LogP contribution in [-0.2, 0) is 39.9 Å². The maximum absolute atomic E-state index is 14.3. The minimum absolute atomic E-state index is 0.00194. The molecule has 2 amide bonds. The molecular formula is C30H41N3O8. The predicted octanol–water partition coefficient (Wildman–Crippen LogP) is 2.37. The summed E-state index contributed by atoms with van der Waals surface area (Å²) in [6, 6.07) is 8.86. The van der Waals surface area contributed by atoms with Crippen LogP contribution in [-0.4, -0.2) is 89.8 Å². The number of amides is 2. The zero-order valence-corrected chi connectivity index (χ0v) is 24.1. The minimum atomic E-state index is -1.63. The Morgan fingerprint density at radius 2 is 1.80 bits per heavy atom. The molecule has 2 fully saturated rings. The lowest BCUT2D eigenvalue weighted by Crippen LogP contribution is -2.57. The van der Waals surface area contributed by atoms with Crippen LogP contribution in [0.25, 0.3) is 0 Å². The van der Waals surface area contributed by atoms with Gasteiger partial charge in [-0.1, -0.05) is 6.07 Å². The Morgan fingerprint density at radius 1 is 1.07 bits per heavy atom. The molecule has 4 rings (SSSR count). The highest BCUT2D eigenvalue weighted by molar-refractivity contribution is 5.82. The Labute approximate surface area is 240 Å². The highest BCUT2D eigenvalue weighted by atomic mass is 16.5. The van der Waals surface area contributed by atoms with Crippen LogP contribution in [0, 0.1) is 5.92 Å². The molecule has 224 valence electrons. The average molecular weight is 572 g/mol. The maximum atomic E-state index is 14.3. The number of carbonyl (C=O) groups is 2. The first kappa shape index (κ1) is 30.5. The summed E-state index contributed by atoms with van der Waals surface area (Å²) >= 11 is 0. The van der Waals surface area contributed by atoms with Crippen LogP contribution in [0.5, 0.6) is 5.75 Å². The summed E-state index contributed by atoms with van der Waals surface area (Å²) in [5.41, 5.74) is 0.512. The number of ether oxygens (including phenoxy) is 3. The number of aliphatic hydroxyl groups is 1. The summed E-state index contributed by atoms with van der Waals surface area (Å²) in [4.78, 5) is 41.2. The fraction of sp³-hybridized carbons (Fsp3) is 0.567. The normalized spacial score (nSPS) is 20.6. The van der Waals surface area contributed by atoms with Crippen LogP contribution in [0.15, 0.2) is 41.3 Å². The van der Waals surface area contributed by atoms with Gasteiger partial charge in [0.1, 0.15) is 18.0 Å². The maximum Gasteiger partial charge on any atom is 0.407 e. The van der Waals surface area contributed by atoms with E-state index in [1.54, 1.807) is 26.2 Å². The molecule has 0 radical (unpaired) electrons. The van der Waals surface area contributed by atoms with Crippen molar-refractivity contribution in [1.29, 1.82) is 0 Å². The zero-order chi connectivity index (χ0) is 29.6. The Kier molecular flexibility index (Phi) is 10.1. The van der Waals surface area contributed by atoms with E-state index in [0.717, 1.165) is 36.8 Å². The van der Waals surface area contributed by atoms with Crippen LogP contribution in [0.2, 0.25) is 0 Å². The number of aryl methyl sites for hydroxylation is 2. The van der Waals surface area contributed by atoms with Crippen LogP contribution >= 0.6 is 0 Å². The molecule has 1 saturated carbocycles. The van der Waals surface area contributed by atoms with Crippen LogP contribution in [0.3, 0.4) is 0 Å². The first-order valence-corrected chi connectivity index (χ1v) is 14.1. The van der Waals surface area contributed by atoms with E-state index in [0.29, 0.717) is 37.7 Å². The van der Waals surface area contributed by atoms with E-state index in [-0.39, 0.29) is 37.0 Å². The fourth-order valence-corrected chi connectivity index (χ4v) is 5.48. The van der Waals surface area contributed by atoms with Gasteiger partial charge < -0.3 is 38.8 Å². The van der Waals surface area contributed by atoms with Gasteiger partial charge in [-0.05, 0) is 61.4 Å². The topological polar surface area (TPSA) is 131 Å². The molecule has 11 nitrogen and oxygen atoms in total. The molecule has 2 heterocycles. The lowest BCUT2D eigenvalue weighted by atomic mass is 9.75. The second-order valence-electron chi connectivity index (χ2n) is 10.9. The van der Waals surface area contributed by atoms with Crippen LogP contribution in [0.4, 0.5) is 4.79 Å². The predicted molar refractivity (Wildman–Crippen MR) is 151 cm³/mol. The van der Waals surface area contributed by atoms with E-state index in [1.807, 2.05) is 12.1 Å². The lowest BCUT2D eigenvalue weighted by molar-refractivity contribution is -0.154. The number of carboxylic acid groups (broad SMARTS) is 1. The summed E-state index contributed by atoms with van der Waals surface area (Å²) in [5, 5.41) is 21.7. The monoisotopic (exact) mass is 571 g/mol. The van der Waals surface area contributed by atoms with Crippen molar-refractivity contribution in [2.45, 2.75) is 50.3 Å². The number of nitrogens with zero attached hydrogens (tertiary/aromatic N) is 3. The van der Waals surface area contributed by atoms with Gasteiger partial charge >= 0.3 is 6.09 Å². The van der Waals surface area contributed by atoms with Gasteiger partial charge in [0.15, 0.2) is 0 Å². The second kappa shape index (κ2) is 13.5. The van der Waals surface area contributed by atoms with Crippen molar-refractivity contribution in [3.63, 3.8) is 0 Å². The number of aromatic nitrogens is 1. The molecule has 2 aromatic rings. The molecule has 1 aliphatic heterocycles. The molecular weight excluding hydrogens is 530 g/mol. The van der Waals surface area contributed by atoms with Gasteiger partial charge in [-0.2, -0.15) is 0 Å². The van der Waals surface area contributed by atoms with Crippen LogP contribution < -0.4 is 10.3 Å². The van der Waals surface area contributed by atoms with E-state index in [9.17, 15) is 24.6 Å². The number of carbonyl (C=O) groups excluding carboxylic acids is 1. The summed E-state index contributed by atoms with van der Waals surface area (Å²) < 4.78 is 17.6. The number of rotatable bonds is 13. The van der Waals surface area contributed by atoms with Crippen molar-refractivity contribution in [3.8, 4) is 5.75 Å². The number of hydrogen-bond acceptors (Lipinski definition) is 7. The summed E-state index contributed by atoms with van der Waals surface area (Å²) in [6.45, 7) is 1.70. The number of likely N-dealkylation sites (tertiary alicyclic amines) is 1. The van der Waals surface area contributed by atoms with E-state index in [2.05, 4.69) is 6.07 Å². The van der Waals surface area contributed by atoms with Gasteiger partial charge in [0.2, 0.25) is 11.5 Å². The molecule has 2 aliphatic rings. The third-order valence-electron chi connectivity index (χ3n) is 7.92. The molecule has 1 aromatic carbocycles. The Balaban J connectivity index is 1.65. The Morgan fingerprint density at radius 3 is 2.46 bits per heavy atom. The molecule has 11 heteroatoms. The molecule has 2 atom stereocenters. The number of pyridine rings is 1. The Bertz CT molecular complexity index is 1250. The van der Waals surface area contributed by atoms with Crippen molar-refractivity contribution in [3.05, 3.63) is 63.6 Å². The van der Waals surface area contributed by atoms with Gasteiger partial charge in [0.05, 0.1) is 12.5 Å². The smallest absolute Gasteiger partial charge is 0.407 e. The molecule has 1 aromatic heterocycles. The van der Waals surface area contributed by atoms with Gasteiger partial charge in [-0.15, -0.1) is 0 Å². The average Bonchev–Trinajstić information content (AvgIpc) is 3.79. The van der Waals surface area contributed by atoms with Gasteiger partial charge in [-0.3, -0.25) is 9.59 Å². The molecule has 0 unspecified atom stereocenters. The quantitative estimate of drug-likeness (QED) is 0.351. The minimum Gasteiger partial charge on any atom is -0.491 e. The number of benzene rings is 1. The van der Waals surface area contributed by atoms with Gasteiger partial charge in [0, 0.05) is 71.4 Å². The van der Waals surface area contributed by atoms with Gasteiger partial charge in [-0.25, -0.2) is 4.79 Å². The first-order chi connectivity index (χ1) is 19.7. The molecule has 2 N–H and O–H groups in total. The van der Waals surface area contributed by atoms with Crippen molar-refractivity contribution >= 4 is 12.0 Å². The largest absolute Gasteiger partial charge is 0.491 e. The Hall–Kier alpha value is -3.41. The van der Waals surface area contributed by atoms with Gasteiger partial charge in [0.25, 0.3) is 0 Å². The zero-order valence-electron chi connectivity index (χ0n) is 24.1. The van der Waals surface area contributed by atoms with E-state index >= 15 is 0 Å². The highest BCUT2D eigenvalue weighted by Gasteiger charge is 2.51. The molecule has 1 saturated heterocycles. The standard InChI is InChI=1S/C30H41N3O8/c1-31-19-23(6-9-27(31)34)30(38)10-11-32(29(36)37)20-26(30)28(35)33(24-7-8-24)18-22-15-21(5-4-12-39-2)16-25(17-22)41-14-13-40-3/h6,9,15-17,19,24,26,38H,4-5,7-8,10-14,18,20H2,1-3H3,(H,36,37)/t26-,30+/m1/s1. The molecule has 0 bridgehead atoms. The molecule has 0 spiro atoms. The number of piperidine rings is 1. The fourth-order valence-electron chi connectivity index (χ4n) is 5.48. The second-order valence-corrected chi connectivity index (χ2v) is 10.9. The number of methoxy groups -OCH3 is 2. The number of hydrogen-bond donors (Lipinski definition) is 2. The van der Waals surface area contributed by atoms with E-state index < -0.39 is 17.6 Å². The van der Waals surface area contributed by atoms with Crippen molar-refractivity contribution in [1.82, 2.24) is 14.4 Å². The van der Waals surface area contributed by atoms with E-state index in [1.165, 1.54) is 27.8 Å². The van der Waals surface area contributed by atoms with Crippen LogP contribution in [0.1, 0.15) is 42.4 Å². The third-order valence-corrected chi connectivity index (χ3v) is 7.92. The van der Waals surface area contributed by atoms with E-state index in [4.69, 9.17) is 14.2 Å². The molecule has 1 aliphatic carbocycles. The van der Waals surface area contributed by atoms with Crippen molar-refractivity contribution in [2.75, 3.05) is 47.1 Å². The SMILES string of the molecule is COCCCc1cc(CN(C(=O)[C@H]2CN(C(=O)O)CC[C@]2(O)c2ccc(=O)n(C)c2)C2CC2)cc(OCCOC)c1. The highest BCUT2D eigenvalue weighted by Crippen LogP contribution is 2.41. The lowest BCUT2D eigenvalue weighted by Gasteiger charge is -2.44. The summed E-state index contributed by atoms with van der Waals surface area (Å²) in [5.74, 6) is -0.652. The van der Waals surface area contributed by atoms with Crippen molar-refractivity contribution < 1.29 is 34.0 Å². The van der Waals surface area contributed by atoms with Crippen molar-refractivity contribution in [2.24, 2.45) is 13.0 Å².